The molecule has 0 bridgehead atoms. The lowest BCUT2D eigenvalue weighted by atomic mass is 9.73. The van der Waals surface area contributed by atoms with E-state index >= 15 is 0 Å². The zero-order valence-electron chi connectivity index (χ0n) is 19.5. The minimum Gasteiger partial charge on any atom is -0.445 e. The van der Waals surface area contributed by atoms with Crippen molar-refractivity contribution in [1.29, 1.82) is 5.26 Å². The van der Waals surface area contributed by atoms with Crippen LogP contribution in [0.25, 0.3) is 0 Å². The van der Waals surface area contributed by atoms with Gasteiger partial charge in [-0.05, 0) is 50.3 Å². The maximum atomic E-state index is 12.4. The van der Waals surface area contributed by atoms with Crippen LogP contribution >= 0.6 is 0 Å². The summed E-state index contributed by atoms with van der Waals surface area (Å²) in [6.45, 7) is 6.93. The molecule has 1 aliphatic rings. The second-order valence-corrected chi connectivity index (χ2v) is 9.28. The fourth-order valence-electron chi connectivity index (χ4n) is 3.79. The largest absolute Gasteiger partial charge is 0.445 e. The number of carbonyl (C=O) groups is 2. The van der Waals surface area contributed by atoms with Crippen molar-refractivity contribution in [3.05, 3.63) is 71.3 Å². The number of likely N-dealkylation sites (tertiary alicyclic amines) is 1. The van der Waals surface area contributed by atoms with Crippen LogP contribution in [-0.2, 0) is 28.0 Å². The Hall–Kier alpha value is -3.53. The van der Waals surface area contributed by atoms with Crippen molar-refractivity contribution < 1.29 is 19.1 Å². The Bertz CT molecular complexity index is 1000. The fraction of sp³-hybridized carbons (Fsp3) is 0.423. The first-order chi connectivity index (χ1) is 15.7. The predicted octanol–water partition coefficient (Wildman–Crippen LogP) is 4.91. The van der Waals surface area contributed by atoms with Gasteiger partial charge < -0.3 is 19.7 Å². The van der Waals surface area contributed by atoms with Gasteiger partial charge in [0.25, 0.3) is 0 Å². The van der Waals surface area contributed by atoms with Gasteiger partial charge in [0, 0.05) is 19.6 Å². The number of hydrogen-bond acceptors (Lipinski definition) is 5. The van der Waals surface area contributed by atoms with E-state index in [1.165, 1.54) is 0 Å². The Balaban J connectivity index is 1.57. The molecule has 0 radical (unpaired) electrons. The molecule has 2 aromatic carbocycles. The van der Waals surface area contributed by atoms with E-state index in [-0.39, 0.29) is 12.7 Å². The van der Waals surface area contributed by atoms with Crippen LogP contribution in [0.4, 0.5) is 9.59 Å². The topological polar surface area (TPSA) is 91.7 Å². The fourth-order valence-corrected chi connectivity index (χ4v) is 3.79. The molecule has 174 valence electrons. The van der Waals surface area contributed by atoms with E-state index in [0.29, 0.717) is 32.5 Å². The van der Waals surface area contributed by atoms with E-state index in [1.807, 2.05) is 75.4 Å². The summed E-state index contributed by atoms with van der Waals surface area (Å²) in [5, 5.41) is 12.8. The molecule has 2 aromatic rings. The van der Waals surface area contributed by atoms with Crippen LogP contribution in [0.3, 0.4) is 0 Å². The molecular formula is C26H31N3O4. The zero-order valence-corrected chi connectivity index (χ0v) is 19.5. The maximum absolute atomic E-state index is 12.4. The highest BCUT2D eigenvalue weighted by Crippen LogP contribution is 2.35. The molecular weight excluding hydrogens is 418 g/mol. The van der Waals surface area contributed by atoms with Gasteiger partial charge in [0.1, 0.15) is 12.2 Å². The van der Waals surface area contributed by atoms with Crippen molar-refractivity contribution in [3.63, 3.8) is 0 Å². The first kappa shape index (κ1) is 24.1. The number of hydrogen-bond donors (Lipinski definition) is 1. The molecule has 7 heteroatoms. The van der Waals surface area contributed by atoms with Crippen molar-refractivity contribution >= 4 is 12.2 Å². The molecule has 0 saturated carbocycles. The summed E-state index contributed by atoms with van der Waals surface area (Å²) in [4.78, 5) is 26.1. The Morgan fingerprint density at radius 1 is 1.06 bits per heavy atom. The summed E-state index contributed by atoms with van der Waals surface area (Å²) in [6, 6.07) is 19.6. The van der Waals surface area contributed by atoms with Crippen LogP contribution in [0.15, 0.2) is 54.6 Å². The van der Waals surface area contributed by atoms with Crippen LogP contribution in [0, 0.1) is 11.3 Å². The molecule has 1 aliphatic heterocycles. The number of nitriles is 1. The number of carbonyl (C=O) groups excluding carboxylic acids is 2. The summed E-state index contributed by atoms with van der Waals surface area (Å²) in [6.07, 6.45) is 0.211. The minimum absolute atomic E-state index is 0.207. The molecule has 3 rings (SSSR count). The predicted molar refractivity (Wildman–Crippen MR) is 124 cm³/mol. The van der Waals surface area contributed by atoms with E-state index in [0.717, 1.165) is 16.7 Å². The van der Waals surface area contributed by atoms with Crippen molar-refractivity contribution in [1.82, 2.24) is 10.2 Å². The highest BCUT2D eigenvalue weighted by atomic mass is 16.6. The average Bonchev–Trinajstić information content (AvgIpc) is 2.81. The van der Waals surface area contributed by atoms with E-state index in [1.54, 1.807) is 4.90 Å². The van der Waals surface area contributed by atoms with Gasteiger partial charge in [0.15, 0.2) is 0 Å². The maximum Gasteiger partial charge on any atom is 0.410 e. The number of nitrogens with one attached hydrogen (secondary N) is 1. The Labute approximate surface area is 195 Å². The second-order valence-electron chi connectivity index (χ2n) is 9.28. The quantitative estimate of drug-likeness (QED) is 0.701. The van der Waals surface area contributed by atoms with Gasteiger partial charge >= 0.3 is 12.2 Å². The lowest BCUT2D eigenvalue weighted by molar-refractivity contribution is 0.0185. The molecule has 0 atom stereocenters. The average molecular weight is 450 g/mol. The lowest BCUT2D eigenvalue weighted by Gasteiger charge is -2.38. The highest BCUT2D eigenvalue weighted by molar-refractivity contribution is 5.68. The first-order valence-corrected chi connectivity index (χ1v) is 11.1. The van der Waals surface area contributed by atoms with E-state index in [9.17, 15) is 14.9 Å². The molecule has 1 saturated heterocycles. The van der Waals surface area contributed by atoms with Gasteiger partial charge in [-0.3, -0.25) is 0 Å². The third-order valence-corrected chi connectivity index (χ3v) is 5.61. The van der Waals surface area contributed by atoms with Gasteiger partial charge in [-0.1, -0.05) is 54.6 Å². The van der Waals surface area contributed by atoms with Gasteiger partial charge in [0.05, 0.1) is 11.5 Å². The van der Waals surface area contributed by atoms with Crippen molar-refractivity contribution in [2.75, 3.05) is 13.1 Å². The number of amides is 2. The normalized spacial score (nSPS) is 15.3. The van der Waals surface area contributed by atoms with E-state index in [4.69, 9.17) is 9.47 Å². The molecule has 7 nitrogen and oxygen atoms in total. The van der Waals surface area contributed by atoms with E-state index < -0.39 is 17.1 Å². The number of alkyl carbamates (subject to hydrolysis) is 1. The Kier molecular flexibility index (Phi) is 7.59. The lowest BCUT2D eigenvalue weighted by Crippen LogP contribution is -2.46. The molecule has 0 aromatic heterocycles. The molecule has 1 fully saturated rings. The standard InChI is InChI=1S/C26H31N3O4/c1-25(2,3)33-24(31)29-14-12-26(19-27,13-15-29)22-11-7-10-21(16-22)17-28-23(30)32-18-20-8-5-4-6-9-20/h4-11,16H,12-15,17-18H2,1-3H3,(H,28,30). The van der Waals surface area contributed by atoms with Crippen molar-refractivity contribution in [2.45, 2.75) is 57.8 Å². The van der Waals surface area contributed by atoms with E-state index in [2.05, 4.69) is 11.4 Å². The van der Waals surface area contributed by atoms with Gasteiger partial charge in [-0.25, -0.2) is 9.59 Å². The smallest absolute Gasteiger partial charge is 0.410 e. The molecule has 0 spiro atoms. The number of piperidine rings is 1. The van der Waals surface area contributed by atoms with Crippen LogP contribution in [-0.4, -0.2) is 35.8 Å². The van der Waals surface area contributed by atoms with Crippen LogP contribution in [0.1, 0.15) is 50.3 Å². The monoisotopic (exact) mass is 449 g/mol. The van der Waals surface area contributed by atoms with Gasteiger partial charge in [0.2, 0.25) is 0 Å². The van der Waals surface area contributed by atoms with Crippen LogP contribution < -0.4 is 5.32 Å². The molecule has 1 heterocycles. The van der Waals surface area contributed by atoms with Gasteiger partial charge in [-0.15, -0.1) is 0 Å². The Morgan fingerprint density at radius 2 is 1.73 bits per heavy atom. The number of benzene rings is 2. The number of nitrogens with zero attached hydrogens (tertiary/aromatic N) is 2. The third kappa shape index (κ3) is 6.72. The summed E-state index contributed by atoms with van der Waals surface area (Å²) < 4.78 is 10.7. The highest BCUT2D eigenvalue weighted by Gasteiger charge is 2.38. The van der Waals surface area contributed by atoms with Gasteiger partial charge in [-0.2, -0.15) is 5.26 Å². The Morgan fingerprint density at radius 3 is 2.36 bits per heavy atom. The summed E-state index contributed by atoms with van der Waals surface area (Å²) in [5.41, 5.74) is 1.47. The summed E-state index contributed by atoms with van der Waals surface area (Å²) in [5.74, 6) is 0. The molecule has 33 heavy (non-hydrogen) atoms. The molecule has 0 aliphatic carbocycles. The summed E-state index contributed by atoms with van der Waals surface area (Å²) >= 11 is 0. The van der Waals surface area contributed by atoms with Crippen molar-refractivity contribution in [2.24, 2.45) is 0 Å². The SMILES string of the molecule is CC(C)(C)OC(=O)N1CCC(C#N)(c2cccc(CNC(=O)OCc3ccccc3)c2)CC1. The third-order valence-electron chi connectivity index (χ3n) is 5.61. The number of ether oxygens (including phenoxy) is 2. The van der Waals surface area contributed by atoms with Crippen LogP contribution in [0.5, 0.6) is 0 Å². The van der Waals surface area contributed by atoms with Crippen molar-refractivity contribution in [3.8, 4) is 6.07 Å². The molecule has 0 unspecified atom stereocenters. The molecule has 2 amide bonds. The second kappa shape index (κ2) is 10.4. The molecule has 1 N–H and O–H groups in total. The summed E-state index contributed by atoms with van der Waals surface area (Å²) in [7, 11) is 0. The zero-order chi connectivity index (χ0) is 23.9. The van der Waals surface area contributed by atoms with Crippen LogP contribution in [0.2, 0.25) is 0 Å². The number of rotatable bonds is 5. The minimum atomic E-state index is -0.678. The first-order valence-electron chi connectivity index (χ1n) is 11.1.